The Labute approximate surface area is 97.3 Å². The monoisotopic (exact) mass is 254 g/mol. The second-order valence-electron chi connectivity index (χ2n) is 3.17. The Bertz CT molecular complexity index is 593. The molecule has 0 aromatic carbocycles. The van der Waals surface area contributed by atoms with Crippen LogP contribution in [0.4, 0.5) is 5.82 Å². The summed E-state index contributed by atoms with van der Waals surface area (Å²) in [6.45, 7) is 0.0650. The van der Waals surface area contributed by atoms with Gasteiger partial charge in [-0.15, -0.1) is 0 Å². The van der Waals surface area contributed by atoms with Gasteiger partial charge in [0.15, 0.2) is 0 Å². The predicted octanol–water partition coefficient (Wildman–Crippen LogP) is -0.740. The van der Waals surface area contributed by atoms with Crippen molar-refractivity contribution in [2.45, 2.75) is 11.4 Å². The molecule has 0 saturated carbocycles. The van der Waals surface area contributed by atoms with E-state index in [1.54, 1.807) is 6.07 Å². The highest BCUT2D eigenvalue weighted by Crippen LogP contribution is 2.13. The smallest absolute Gasteiger partial charge is 0.246 e. The van der Waals surface area contributed by atoms with Gasteiger partial charge in [0, 0.05) is 6.20 Å². The van der Waals surface area contributed by atoms with E-state index in [2.05, 4.69) is 24.9 Å². The number of nitrogen functional groups attached to an aromatic ring is 1. The van der Waals surface area contributed by atoms with Crippen LogP contribution in [0, 0.1) is 0 Å². The Balaban J connectivity index is 2.12. The fourth-order valence-electron chi connectivity index (χ4n) is 1.17. The van der Waals surface area contributed by atoms with Gasteiger partial charge in [-0.05, 0) is 6.07 Å². The van der Waals surface area contributed by atoms with Crippen LogP contribution >= 0.6 is 0 Å². The van der Waals surface area contributed by atoms with Gasteiger partial charge in [-0.2, -0.15) is 5.10 Å². The van der Waals surface area contributed by atoms with Gasteiger partial charge in [0.25, 0.3) is 0 Å². The number of hydrogen-bond acceptors (Lipinski definition) is 6. The molecule has 0 aliphatic rings. The normalized spacial score (nSPS) is 11.5. The first kappa shape index (κ1) is 11.5. The van der Waals surface area contributed by atoms with Gasteiger partial charge in [0.1, 0.15) is 17.0 Å². The Morgan fingerprint density at radius 3 is 2.88 bits per heavy atom. The third-order valence-electron chi connectivity index (χ3n) is 2.01. The number of anilines is 1. The van der Waals surface area contributed by atoms with E-state index in [-0.39, 0.29) is 17.3 Å². The zero-order chi connectivity index (χ0) is 12.3. The first-order valence-corrected chi connectivity index (χ1v) is 6.11. The minimum atomic E-state index is -3.67. The highest BCUT2D eigenvalue weighted by molar-refractivity contribution is 7.89. The van der Waals surface area contributed by atoms with Crippen LogP contribution in [-0.4, -0.2) is 28.6 Å². The van der Waals surface area contributed by atoms with E-state index in [0.717, 1.165) is 6.20 Å². The summed E-state index contributed by atoms with van der Waals surface area (Å²) in [5.74, 6) is 0.000174. The van der Waals surface area contributed by atoms with E-state index in [4.69, 9.17) is 5.73 Å². The van der Waals surface area contributed by atoms with Crippen LogP contribution < -0.4 is 10.5 Å². The van der Waals surface area contributed by atoms with Crippen molar-refractivity contribution < 1.29 is 8.42 Å². The minimum absolute atomic E-state index is 0.000174. The maximum atomic E-state index is 11.8. The van der Waals surface area contributed by atoms with Gasteiger partial charge in [-0.3, -0.25) is 5.10 Å². The summed E-state index contributed by atoms with van der Waals surface area (Å²) in [6, 6.07) is 1.61. The number of sulfonamides is 1. The summed E-state index contributed by atoms with van der Waals surface area (Å²) in [5, 5.41) is 5.90. The molecule has 0 saturated heterocycles. The van der Waals surface area contributed by atoms with E-state index in [0.29, 0.717) is 5.69 Å². The Kier molecular flexibility index (Phi) is 3.02. The molecule has 2 aromatic rings. The average molecular weight is 254 g/mol. The van der Waals surface area contributed by atoms with E-state index in [1.807, 2.05) is 0 Å². The lowest BCUT2D eigenvalue weighted by molar-refractivity contribution is 0.581. The molecule has 0 radical (unpaired) electrons. The molecule has 2 heterocycles. The number of nitrogens with zero attached hydrogens (tertiary/aromatic N) is 3. The number of aromatic amines is 1. The third-order valence-corrected chi connectivity index (χ3v) is 3.44. The average Bonchev–Trinajstić information content (AvgIpc) is 2.75. The quantitative estimate of drug-likeness (QED) is 0.659. The molecule has 90 valence electrons. The topological polar surface area (TPSA) is 127 Å². The second kappa shape index (κ2) is 4.47. The van der Waals surface area contributed by atoms with Crippen molar-refractivity contribution in [2.75, 3.05) is 5.73 Å². The van der Waals surface area contributed by atoms with Crippen LogP contribution in [0.1, 0.15) is 5.69 Å². The summed E-state index contributed by atoms with van der Waals surface area (Å²) < 4.78 is 25.9. The van der Waals surface area contributed by atoms with Gasteiger partial charge < -0.3 is 5.73 Å². The highest BCUT2D eigenvalue weighted by Gasteiger charge is 2.18. The molecule has 0 spiro atoms. The van der Waals surface area contributed by atoms with Crippen molar-refractivity contribution in [1.29, 1.82) is 0 Å². The van der Waals surface area contributed by atoms with E-state index >= 15 is 0 Å². The van der Waals surface area contributed by atoms with Crippen molar-refractivity contribution in [3.8, 4) is 0 Å². The molecule has 2 rings (SSSR count). The van der Waals surface area contributed by atoms with Crippen molar-refractivity contribution >= 4 is 15.8 Å². The van der Waals surface area contributed by atoms with Crippen molar-refractivity contribution in [1.82, 2.24) is 24.9 Å². The lowest BCUT2D eigenvalue weighted by Gasteiger charge is -2.04. The van der Waals surface area contributed by atoms with Crippen LogP contribution in [0.2, 0.25) is 0 Å². The molecular formula is C8H10N6O2S. The van der Waals surface area contributed by atoms with E-state index < -0.39 is 10.0 Å². The molecule has 0 aliphatic carbocycles. The molecule has 0 atom stereocenters. The predicted molar refractivity (Wildman–Crippen MR) is 59.1 cm³/mol. The molecule has 9 heteroatoms. The number of nitrogens with two attached hydrogens (primary N) is 1. The zero-order valence-corrected chi connectivity index (χ0v) is 9.48. The fraction of sp³-hybridized carbons (Fsp3) is 0.125. The molecule has 17 heavy (non-hydrogen) atoms. The summed E-state index contributed by atoms with van der Waals surface area (Å²) in [6.07, 6.45) is 4.02. The summed E-state index contributed by atoms with van der Waals surface area (Å²) in [5.41, 5.74) is 5.99. The van der Waals surface area contributed by atoms with Crippen LogP contribution in [-0.2, 0) is 16.6 Å². The standard InChI is InChI=1S/C8H10N6O2S/c9-8-7(4-12-14-8)17(15,16)13-3-6-1-2-10-5-11-6/h1-2,4-5,13H,3H2,(H3,9,12,14). The summed E-state index contributed by atoms with van der Waals surface area (Å²) in [4.78, 5) is 7.55. The van der Waals surface area contributed by atoms with Crippen LogP contribution in [0.25, 0.3) is 0 Å². The fourth-order valence-corrected chi connectivity index (χ4v) is 2.19. The van der Waals surface area contributed by atoms with Gasteiger partial charge in [0.05, 0.1) is 18.4 Å². The first-order valence-electron chi connectivity index (χ1n) is 4.63. The molecule has 0 bridgehead atoms. The number of H-pyrrole nitrogens is 1. The van der Waals surface area contributed by atoms with Crippen LogP contribution in [0.3, 0.4) is 0 Å². The van der Waals surface area contributed by atoms with Crippen LogP contribution in [0.15, 0.2) is 29.7 Å². The second-order valence-corrected chi connectivity index (χ2v) is 4.91. The van der Waals surface area contributed by atoms with Gasteiger partial charge >= 0.3 is 0 Å². The molecule has 4 N–H and O–H groups in total. The molecule has 8 nitrogen and oxygen atoms in total. The van der Waals surface area contributed by atoms with Crippen molar-refractivity contribution in [2.24, 2.45) is 0 Å². The van der Waals surface area contributed by atoms with Crippen molar-refractivity contribution in [3.05, 3.63) is 30.5 Å². The lowest BCUT2D eigenvalue weighted by atomic mass is 10.4. The number of nitrogens with one attached hydrogen (secondary N) is 2. The number of rotatable bonds is 4. The van der Waals surface area contributed by atoms with E-state index in [9.17, 15) is 8.42 Å². The molecule has 0 fully saturated rings. The largest absolute Gasteiger partial charge is 0.383 e. The Morgan fingerprint density at radius 2 is 2.29 bits per heavy atom. The Hall–Kier alpha value is -2.00. The lowest BCUT2D eigenvalue weighted by Crippen LogP contribution is -2.24. The van der Waals surface area contributed by atoms with Crippen molar-refractivity contribution in [3.63, 3.8) is 0 Å². The molecule has 0 amide bonds. The number of aromatic nitrogens is 4. The maximum absolute atomic E-state index is 11.8. The SMILES string of the molecule is Nc1[nH]ncc1S(=O)(=O)NCc1ccncn1. The van der Waals surface area contributed by atoms with Gasteiger partial charge in [0.2, 0.25) is 10.0 Å². The molecular weight excluding hydrogens is 244 g/mol. The molecule has 2 aromatic heterocycles. The van der Waals surface area contributed by atoms with Gasteiger partial charge in [-0.25, -0.2) is 23.1 Å². The third kappa shape index (κ3) is 2.57. The van der Waals surface area contributed by atoms with Crippen LogP contribution in [0.5, 0.6) is 0 Å². The number of hydrogen-bond donors (Lipinski definition) is 3. The Morgan fingerprint density at radius 1 is 1.47 bits per heavy atom. The molecule has 0 unspecified atom stereocenters. The molecule has 0 aliphatic heterocycles. The summed E-state index contributed by atoms with van der Waals surface area (Å²) >= 11 is 0. The zero-order valence-electron chi connectivity index (χ0n) is 8.66. The minimum Gasteiger partial charge on any atom is -0.383 e. The first-order chi connectivity index (χ1) is 8.09. The van der Waals surface area contributed by atoms with Gasteiger partial charge in [-0.1, -0.05) is 0 Å². The maximum Gasteiger partial charge on any atom is 0.246 e. The highest BCUT2D eigenvalue weighted by atomic mass is 32.2. The van der Waals surface area contributed by atoms with E-state index in [1.165, 1.54) is 12.5 Å². The summed E-state index contributed by atoms with van der Waals surface area (Å²) in [7, 11) is -3.67.